The Balaban J connectivity index is 1.34. The quantitative estimate of drug-likeness (QED) is 0.740. The lowest BCUT2D eigenvalue weighted by atomic mass is 10.1. The molecule has 4 rings (SSSR count). The van der Waals surface area contributed by atoms with Crippen molar-refractivity contribution < 1.29 is 22.7 Å². The van der Waals surface area contributed by atoms with E-state index >= 15 is 0 Å². The van der Waals surface area contributed by atoms with Gasteiger partial charge in [-0.25, -0.2) is 8.42 Å². The molecule has 1 saturated heterocycles. The molecule has 2 aliphatic rings. The maximum Gasteiger partial charge on any atom is 0.251 e. The van der Waals surface area contributed by atoms with Crippen molar-refractivity contribution in [1.82, 2.24) is 9.62 Å². The average molecular weight is 445 g/mol. The van der Waals surface area contributed by atoms with Crippen molar-refractivity contribution in [2.24, 2.45) is 0 Å². The van der Waals surface area contributed by atoms with Gasteiger partial charge in [-0.15, -0.1) is 0 Å². The van der Waals surface area contributed by atoms with Crippen LogP contribution in [0.4, 0.5) is 0 Å². The number of hydrogen-bond donors (Lipinski definition) is 1. The lowest BCUT2D eigenvalue weighted by Gasteiger charge is -2.32. The first-order valence-corrected chi connectivity index (χ1v) is 12.2. The summed E-state index contributed by atoms with van der Waals surface area (Å²) in [6, 6.07) is 12.0. The summed E-state index contributed by atoms with van der Waals surface area (Å²) in [5, 5.41) is 2.89. The minimum atomic E-state index is -3.53. The zero-order valence-electron chi connectivity index (χ0n) is 17.7. The number of benzene rings is 2. The first kappa shape index (κ1) is 21.6. The van der Waals surface area contributed by atoms with Crippen LogP contribution in [-0.4, -0.2) is 51.0 Å². The van der Waals surface area contributed by atoms with Crippen molar-refractivity contribution in [2.75, 3.05) is 26.3 Å². The second-order valence-electron chi connectivity index (χ2n) is 7.97. The van der Waals surface area contributed by atoms with Gasteiger partial charge in [0.15, 0.2) is 11.5 Å². The molecule has 0 bridgehead atoms. The van der Waals surface area contributed by atoms with Crippen LogP contribution in [0.15, 0.2) is 47.4 Å². The molecule has 0 radical (unpaired) electrons. The highest BCUT2D eigenvalue weighted by Gasteiger charge is 2.30. The SMILES string of the molecule is CC1CCCCN1S(=O)(=O)c1ccc(C(=O)NCCc2ccc3c(c2)OCCO3)cc1. The van der Waals surface area contributed by atoms with Gasteiger partial charge in [0.1, 0.15) is 13.2 Å². The Morgan fingerprint density at radius 2 is 1.81 bits per heavy atom. The topological polar surface area (TPSA) is 84.9 Å². The van der Waals surface area contributed by atoms with Crippen LogP contribution in [0, 0.1) is 0 Å². The van der Waals surface area contributed by atoms with Gasteiger partial charge < -0.3 is 14.8 Å². The van der Waals surface area contributed by atoms with Gasteiger partial charge in [-0.3, -0.25) is 4.79 Å². The summed E-state index contributed by atoms with van der Waals surface area (Å²) in [6.07, 6.45) is 3.47. The van der Waals surface area contributed by atoms with Crippen LogP contribution in [0.2, 0.25) is 0 Å². The van der Waals surface area contributed by atoms with E-state index in [1.807, 2.05) is 25.1 Å². The van der Waals surface area contributed by atoms with Crippen molar-refractivity contribution in [3.8, 4) is 11.5 Å². The minimum Gasteiger partial charge on any atom is -0.486 e. The predicted octanol–water partition coefficient (Wildman–Crippen LogP) is 2.99. The molecule has 2 aliphatic heterocycles. The monoisotopic (exact) mass is 444 g/mol. The largest absolute Gasteiger partial charge is 0.486 e. The summed E-state index contributed by atoms with van der Waals surface area (Å²) < 4.78 is 38.5. The molecule has 0 aromatic heterocycles. The summed E-state index contributed by atoms with van der Waals surface area (Å²) in [5.74, 6) is 1.25. The number of fused-ring (bicyclic) bond motifs is 1. The highest BCUT2D eigenvalue weighted by molar-refractivity contribution is 7.89. The molecule has 7 nitrogen and oxygen atoms in total. The van der Waals surface area contributed by atoms with Crippen LogP contribution in [0.5, 0.6) is 11.5 Å². The van der Waals surface area contributed by atoms with E-state index in [0.717, 1.165) is 36.3 Å². The molecule has 1 N–H and O–H groups in total. The molecular weight excluding hydrogens is 416 g/mol. The van der Waals surface area contributed by atoms with Crippen LogP contribution in [0.1, 0.15) is 42.1 Å². The van der Waals surface area contributed by atoms with Crippen molar-refractivity contribution >= 4 is 15.9 Å². The number of piperidine rings is 1. The van der Waals surface area contributed by atoms with Crippen molar-refractivity contribution in [1.29, 1.82) is 0 Å². The molecular formula is C23H28N2O5S. The standard InChI is InChI=1S/C23H28N2O5S/c1-17-4-2-3-13-25(17)31(27,28)20-8-6-19(7-9-20)23(26)24-12-11-18-5-10-21-22(16-18)30-15-14-29-21/h5-10,16-17H,2-4,11-15H2,1H3,(H,24,26). The summed E-state index contributed by atoms with van der Waals surface area (Å²) in [7, 11) is -3.53. The number of carbonyl (C=O) groups excluding carboxylic acids is 1. The number of nitrogens with zero attached hydrogens (tertiary/aromatic N) is 1. The minimum absolute atomic E-state index is 0.00211. The van der Waals surface area contributed by atoms with E-state index in [4.69, 9.17) is 9.47 Å². The number of amides is 1. The van der Waals surface area contributed by atoms with Gasteiger partial charge in [0.05, 0.1) is 4.90 Å². The third-order valence-electron chi connectivity index (χ3n) is 5.77. The summed E-state index contributed by atoms with van der Waals surface area (Å²) in [6.45, 7) is 4.05. The van der Waals surface area contributed by atoms with Gasteiger partial charge in [-0.2, -0.15) is 4.31 Å². The summed E-state index contributed by atoms with van der Waals surface area (Å²) in [5.41, 5.74) is 1.48. The molecule has 166 valence electrons. The molecule has 0 aliphatic carbocycles. The molecule has 1 unspecified atom stereocenters. The third-order valence-corrected chi connectivity index (χ3v) is 7.80. The van der Waals surface area contributed by atoms with E-state index < -0.39 is 10.0 Å². The molecule has 1 amide bonds. The van der Waals surface area contributed by atoms with E-state index in [2.05, 4.69) is 5.32 Å². The highest BCUT2D eigenvalue weighted by atomic mass is 32.2. The zero-order chi connectivity index (χ0) is 21.8. The van der Waals surface area contributed by atoms with Gasteiger partial charge in [-0.05, 0) is 68.1 Å². The van der Waals surface area contributed by atoms with Gasteiger partial charge in [0.25, 0.3) is 5.91 Å². The number of carbonyl (C=O) groups is 1. The van der Waals surface area contributed by atoms with Crippen molar-refractivity contribution in [2.45, 2.75) is 43.5 Å². The van der Waals surface area contributed by atoms with E-state index in [9.17, 15) is 13.2 Å². The number of rotatable bonds is 6. The van der Waals surface area contributed by atoms with E-state index in [1.54, 1.807) is 16.4 Å². The molecule has 1 atom stereocenters. The number of sulfonamides is 1. The molecule has 0 spiro atoms. The molecule has 0 saturated carbocycles. The van der Waals surface area contributed by atoms with Crippen LogP contribution in [0.25, 0.3) is 0 Å². The zero-order valence-corrected chi connectivity index (χ0v) is 18.5. The Morgan fingerprint density at radius 3 is 2.55 bits per heavy atom. The maximum absolute atomic E-state index is 12.9. The number of ether oxygens (including phenoxy) is 2. The number of nitrogens with one attached hydrogen (secondary N) is 1. The smallest absolute Gasteiger partial charge is 0.251 e. The first-order valence-electron chi connectivity index (χ1n) is 10.7. The Labute approximate surface area is 183 Å². The van der Waals surface area contributed by atoms with E-state index in [-0.39, 0.29) is 16.8 Å². The maximum atomic E-state index is 12.9. The fourth-order valence-corrected chi connectivity index (χ4v) is 5.71. The molecule has 2 aromatic rings. The molecule has 1 fully saturated rings. The van der Waals surface area contributed by atoms with Gasteiger partial charge in [0, 0.05) is 24.7 Å². The average Bonchev–Trinajstić information content (AvgIpc) is 2.79. The molecule has 2 heterocycles. The summed E-state index contributed by atoms with van der Waals surface area (Å²) >= 11 is 0. The number of hydrogen-bond acceptors (Lipinski definition) is 5. The summed E-state index contributed by atoms with van der Waals surface area (Å²) in [4.78, 5) is 12.7. The Hall–Kier alpha value is -2.58. The highest BCUT2D eigenvalue weighted by Crippen LogP contribution is 2.30. The van der Waals surface area contributed by atoms with Crippen molar-refractivity contribution in [3.63, 3.8) is 0 Å². The molecule has 31 heavy (non-hydrogen) atoms. The Kier molecular flexibility index (Phi) is 6.48. The lowest BCUT2D eigenvalue weighted by molar-refractivity contribution is 0.0954. The van der Waals surface area contributed by atoms with Gasteiger partial charge >= 0.3 is 0 Å². The molecule has 8 heteroatoms. The lowest BCUT2D eigenvalue weighted by Crippen LogP contribution is -2.41. The first-order chi connectivity index (χ1) is 14.9. The fraction of sp³-hybridized carbons (Fsp3) is 0.435. The van der Waals surface area contributed by atoms with Crippen LogP contribution in [-0.2, 0) is 16.4 Å². The van der Waals surface area contributed by atoms with Crippen LogP contribution in [0.3, 0.4) is 0 Å². The third kappa shape index (κ3) is 4.85. The van der Waals surface area contributed by atoms with Gasteiger partial charge in [0.2, 0.25) is 10.0 Å². The Morgan fingerprint density at radius 1 is 1.06 bits per heavy atom. The van der Waals surface area contributed by atoms with Crippen molar-refractivity contribution in [3.05, 3.63) is 53.6 Å². The van der Waals surface area contributed by atoms with E-state index in [1.165, 1.54) is 12.1 Å². The van der Waals surface area contributed by atoms with Crippen LogP contribution >= 0.6 is 0 Å². The predicted molar refractivity (Wildman–Crippen MR) is 117 cm³/mol. The second kappa shape index (κ2) is 9.28. The Bertz CT molecular complexity index is 1040. The normalized spacial score (nSPS) is 19.1. The molecule has 2 aromatic carbocycles. The van der Waals surface area contributed by atoms with Crippen LogP contribution < -0.4 is 14.8 Å². The van der Waals surface area contributed by atoms with E-state index in [0.29, 0.717) is 38.3 Å². The fourth-order valence-electron chi connectivity index (χ4n) is 4.01. The second-order valence-corrected chi connectivity index (χ2v) is 9.86. The van der Waals surface area contributed by atoms with Gasteiger partial charge in [-0.1, -0.05) is 12.5 Å².